The number of rotatable bonds is 12. The molecule has 12 nitrogen and oxygen atoms in total. The van der Waals surface area contributed by atoms with Crippen molar-refractivity contribution >= 4 is 39.1 Å². The zero-order valence-corrected chi connectivity index (χ0v) is 24.7. The Kier molecular flexibility index (Phi) is 10.4. The maximum atomic E-state index is 13.7. The second kappa shape index (κ2) is 13.7. The summed E-state index contributed by atoms with van der Waals surface area (Å²) in [7, 11) is 0.413. The summed E-state index contributed by atoms with van der Waals surface area (Å²) in [6, 6.07) is 14.6. The molecule has 0 fully saturated rings. The van der Waals surface area contributed by atoms with Crippen molar-refractivity contribution in [2.75, 3.05) is 32.0 Å². The summed E-state index contributed by atoms with van der Waals surface area (Å²) < 4.78 is 41.6. The van der Waals surface area contributed by atoms with Crippen LogP contribution in [-0.4, -0.2) is 52.9 Å². The molecule has 13 heteroatoms. The van der Waals surface area contributed by atoms with Gasteiger partial charge in [0.15, 0.2) is 21.3 Å². The van der Waals surface area contributed by atoms with Gasteiger partial charge in [0.1, 0.15) is 6.04 Å². The van der Waals surface area contributed by atoms with Crippen LogP contribution < -0.4 is 31.2 Å². The Morgan fingerprint density at radius 1 is 0.881 bits per heavy atom. The van der Waals surface area contributed by atoms with Crippen molar-refractivity contribution in [1.82, 2.24) is 5.32 Å². The van der Waals surface area contributed by atoms with Crippen molar-refractivity contribution < 1.29 is 37.0 Å². The molecule has 0 aliphatic heterocycles. The van der Waals surface area contributed by atoms with E-state index < -0.39 is 39.0 Å². The van der Waals surface area contributed by atoms with Crippen LogP contribution in [0, 0.1) is 0 Å². The first-order valence-electron chi connectivity index (χ1n) is 12.8. The molecule has 3 aromatic carbocycles. The zero-order valence-electron chi connectivity index (χ0n) is 23.9. The van der Waals surface area contributed by atoms with Gasteiger partial charge < -0.3 is 30.6 Å². The first-order valence-corrected chi connectivity index (χ1v) is 14.3. The molecule has 0 heterocycles. The Hall–Kier alpha value is -4.78. The number of anilines is 2. The molecule has 3 aromatic rings. The summed E-state index contributed by atoms with van der Waals surface area (Å²) >= 11 is 0. The van der Waals surface area contributed by atoms with Gasteiger partial charge >= 0.3 is 6.09 Å². The largest absolute Gasteiger partial charge is 0.493 e. The number of methoxy groups -OCH3 is 3. The predicted molar refractivity (Wildman–Crippen MR) is 158 cm³/mol. The second-order valence-electron chi connectivity index (χ2n) is 9.39. The van der Waals surface area contributed by atoms with Crippen LogP contribution >= 0.6 is 0 Å². The van der Waals surface area contributed by atoms with Gasteiger partial charge in [-0.1, -0.05) is 12.1 Å². The fourth-order valence-electron chi connectivity index (χ4n) is 4.04. The van der Waals surface area contributed by atoms with E-state index in [-0.39, 0.29) is 28.3 Å². The third-order valence-electron chi connectivity index (χ3n) is 6.33. The van der Waals surface area contributed by atoms with E-state index >= 15 is 0 Å². The van der Waals surface area contributed by atoms with Gasteiger partial charge in [0.25, 0.3) is 0 Å². The third kappa shape index (κ3) is 7.49. The maximum Gasteiger partial charge on any atom is 0.411 e. The number of hydrogen-bond acceptors (Lipinski definition) is 9. The highest BCUT2D eigenvalue weighted by atomic mass is 32.2. The number of ether oxygens (including phenoxy) is 3. The van der Waals surface area contributed by atoms with Gasteiger partial charge in [-0.25, -0.2) is 13.2 Å². The first kappa shape index (κ1) is 31.7. The minimum atomic E-state index is -3.74. The Labute approximate surface area is 244 Å². The van der Waals surface area contributed by atoms with Gasteiger partial charge in [-0.05, 0) is 73.5 Å². The van der Waals surface area contributed by atoms with Crippen LogP contribution in [0.15, 0.2) is 65.6 Å². The lowest BCUT2D eigenvalue weighted by atomic mass is 10.0. The quantitative estimate of drug-likeness (QED) is 0.243. The SMILES string of the molecule is COC(=O)Nc1ccc(S(=O)(=O)C(C)C)c(CNC(=O)C(Nc2cccc(C(N)=O)c2)c2ccc(OC)c(OC)c2)c1. The number of nitrogens with two attached hydrogens (primary N) is 1. The molecule has 0 saturated carbocycles. The average molecular weight is 599 g/mol. The van der Waals surface area contributed by atoms with E-state index in [1.165, 1.54) is 45.6 Å². The molecule has 0 aliphatic carbocycles. The van der Waals surface area contributed by atoms with Gasteiger partial charge in [0.05, 0.1) is 31.5 Å². The minimum Gasteiger partial charge on any atom is -0.493 e. The molecule has 0 bridgehead atoms. The highest BCUT2D eigenvalue weighted by Gasteiger charge is 2.26. The molecule has 1 atom stereocenters. The lowest BCUT2D eigenvalue weighted by molar-refractivity contribution is -0.122. The number of benzene rings is 3. The van der Waals surface area contributed by atoms with E-state index in [1.54, 1.807) is 50.2 Å². The van der Waals surface area contributed by atoms with Gasteiger partial charge in [-0.2, -0.15) is 0 Å². The average Bonchev–Trinajstić information content (AvgIpc) is 2.98. The predicted octanol–water partition coefficient (Wildman–Crippen LogP) is 3.63. The number of amides is 3. The highest BCUT2D eigenvalue weighted by Crippen LogP contribution is 2.32. The number of hydrogen-bond donors (Lipinski definition) is 4. The molecule has 224 valence electrons. The highest BCUT2D eigenvalue weighted by molar-refractivity contribution is 7.92. The van der Waals surface area contributed by atoms with Crippen LogP contribution in [0.4, 0.5) is 16.2 Å². The Balaban J connectivity index is 2.01. The first-order chi connectivity index (χ1) is 19.9. The summed E-state index contributed by atoms with van der Waals surface area (Å²) in [6.45, 7) is 2.91. The summed E-state index contributed by atoms with van der Waals surface area (Å²) in [6.07, 6.45) is -0.736. The lowest BCUT2D eigenvalue weighted by Crippen LogP contribution is -2.34. The number of sulfone groups is 1. The summed E-state index contributed by atoms with van der Waals surface area (Å²) in [5, 5.41) is 7.68. The van der Waals surface area contributed by atoms with E-state index in [4.69, 9.17) is 15.2 Å². The number of carbonyl (C=O) groups is 3. The number of nitrogens with one attached hydrogen (secondary N) is 3. The van der Waals surface area contributed by atoms with E-state index in [9.17, 15) is 22.8 Å². The molecular formula is C29H34N4O8S. The van der Waals surface area contributed by atoms with Crippen LogP contribution in [0.25, 0.3) is 0 Å². The second-order valence-corrected chi connectivity index (χ2v) is 11.9. The summed E-state index contributed by atoms with van der Waals surface area (Å²) in [5.41, 5.74) is 7.14. The monoisotopic (exact) mass is 598 g/mol. The van der Waals surface area contributed by atoms with E-state index in [0.29, 0.717) is 22.7 Å². The Bertz CT molecular complexity index is 1570. The van der Waals surface area contributed by atoms with E-state index in [2.05, 4.69) is 20.7 Å². The fourth-order valence-corrected chi connectivity index (χ4v) is 5.30. The van der Waals surface area contributed by atoms with Crippen LogP contribution in [0.2, 0.25) is 0 Å². The fraction of sp³-hybridized carbons (Fsp3) is 0.276. The molecule has 3 amide bonds. The van der Waals surface area contributed by atoms with Crippen LogP contribution in [0.3, 0.4) is 0 Å². The molecular weight excluding hydrogens is 564 g/mol. The van der Waals surface area contributed by atoms with Crippen molar-refractivity contribution in [3.8, 4) is 11.5 Å². The van der Waals surface area contributed by atoms with Gasteiger partial charge in [-0.3, -0.25) is 14.9 Å². The molecule has 0 saturated heterocycles. The van der Waals surface area contributed by atoms with Gasteiger partial charge in [-0.15, -0.1) is 0 Å². The summed E-state index contributed by atoms with van der Waals surface area (Å²) in [4.78, 5) is 37.2. The van der Waals surface area contributed by atoms with Gasteiger partial charge in [0.2, 0.25) is 11.8 Å². The number of primary amides is 1. The third-order valence-corrected chi connectivity index (χ3v) is 8.59. The van der Waals surface area contributed by atoms with Crippen molar-refractivity contribution in [2.45, 2.75) is 36.6 Å². The van der Waals surface area contributed by atoms with Crippen molar-refractivity contribution in [3.63, 3.8) is 0 Å². The molecule has 42 heavy (non-hydrogen) atoms. The van der Waals surface area contributed by atoms with Crippen molar-refractivity contribution in [2.24, 2.45) is 5.73 Å². The standard InChI is InChI=1S/C29H34N4O8S/c1-17(2)42(37,38)25-12-10-22(33-29(36)41-5)14-20(25)16-31-28(35)26(18-9-11-23(39-3)24(15-18)40-4)32-21-8-6-7-19(13-21)27(30)34/h6-15,17,26,32H,16H2,1-5H3,(H2,30,34)(H,31,35)(H,33,36). The Morgan fingerprint density at radius 2 is 1.60 bits per heavy atom. The molecule has 5 N–H and O–H groups in total. The van der Waals surface area contributed by atoms with Crippen LogP contribution in [0.1, 0.15) is 41.4 Å². The smallest absolute Gasteiger partial charge is 0.411 e. The van der Waals surface area contributed by atoms with E-state index in [0.717, 1.165) is 0 Å². The van der Waals surface area contributed by atoms with Crippen molar-refractivity contribution in [1.29, 1.82) is 0 Å². The Morgan fingerprint density at radius 3 is 2.21 bits per heavy atom. The summed E-state index contributed by atoms with van der Waals surface area (Å²) in [5.74, 6) is -0.321. The molecule has 3 rings (SSSR count). The van der Waals surface area contributed by atoms with Crippen molar-refractivity contribution in [3.05, 3.63) is 77.4 Å². The molecule has 0 aromatic heterocycles. The molecule has 0 spiro atoms. The normalized spacial score (nSPS) is 11.8. The lowest BCUT2D eigenvalue weighted by Gasteiger charge is -2.22. The number of carbonyl (C=O) groups excluding carboxylic acids is 3. The minimum absolute atomic E-state index is 0.0120. The van der Waals surface area contributed by atoms with Crippen LogP contribution in [-0.2, 0) is 25.9 Å². The van der Waals surface area contributed by atoms with Gasteiger partial charge in [0, 0.05) is 23.5 Å². The molecule has 0 radical (unpaired) electrons. The maximum absolute atomic E-state index is 13.7. The van der Waals surface area contributed by atoms with Crippen LogP contribution in [0.5, 0.6) is 11.5 Å². The molecule has 1 unspecified atom stereocenters. The zero-order chi connectivity index (χ0) is 31.0. The molecule has 0 aliphatic rings. The van der Waals surface area contributed by atoms with E-state index in [1.807, 2.05) is 0 Å². The topological polar surface area (TPSA) is 175 Å².